The lowest BCUT2D eigenvalue weighted by Crippen LogP contribution is -2.43. The molecule has 0 N–H and O–H groups in total. The molecule has 0 radical (unpaired) electrons. The molecule has 156 valence electrons. The summed E-state index contributed by atoms with van der Waals surface area (Å²) >= 11 is 5.06. The molecule has 1 atom stereocenters. The van der Waals surface area contributed by atoms with E-state index in [9.17, 15) is 4.79 Å². The summed E-state index contributed by atoms with van der Waals surface area (Å²) in [5, 5.41) is 9.95. The van der Waals surface area contributed by atoms with Crippen LogP contribution in [-0.4, -0.2) is 43.9 Å². The average molecular weight is 477 g/mol. The number of hydrogen-bond donors (Lipinski definition) is 0. The van der Waals surface area contributed by atoms with Crippen molar-refractivity contribution in [3.63, 3.8) is 0 Å². The van der Waals surface area contributed by atoms with Gasteiger partial charge in [-0.1, -0.05) is 59.1 Å². The Labute approximate surface area is 185 Å². The summed E-state index contributed by atoms with van der Waals surface area (Å²) in [5.74, 6) is 1.59. The van der Waals surface area contributed by atoms with E-state index in [4.69, 9.17) is 0 Å². The van der Waals surface area contributed by atoms with Crippen molar-refractivity contribution in [3.05, 3.63) is 28.7 Å². The molecule has 1 saturated heterocycles. The van der Waals surface area contributed by atoms with Gasteiger partial charge in [0.2, 0.25) is 5.91 Å². The number of hydrogen-bond acceptors (Lipinski definition) is 4. The SMILES string of the molecule is CC1CCCCN1C(=O)CSc1nnc(-c2ccc(Br)cc2)n1C1CCCCC1. The first-order valence-electron chi connectivity index (χ1n) is 10.8. The molecular formula is C22H29BrN4OS. The summed E-state index contributed by atoms with van der Waals surface area (Å²) in [5.41, 5.74) is 1.08. The summed E-state index contributed by atoms with van der Waals surface area (Å²) < 4.78 is 3.36. The fourth-order valence-electron chi connectivity index (χ4n) is 4.52. The van der Waals surface area contributed by atoms with E-state index in [0.717, 1.165) is 53.2 Å². The highest BCUT2D eigenvalue weighted by atomic mass is 79.9. The van der Waals surface area contributed by atoms with Crippen molar-refractivity contribution in [1.29, 1.82) is 0 Å². The van der Waals surface area contributed by atoms with Gasteiger partial charge in [0.05, 0.1) is 5.75 Å². The highest BCUT2D eigenvalue weighted by molar-refractivity contribution is 9.10. The molecule has 1 aromatic carbocycles. The smallest absolute Gasteiger partial charge is 0.233 e. The van der Waals surface area contributed by atoms with Crippen LogP contribution in [0, 0.1) is 0 Å². The van der Waals surface area contributed by atoms with Gasteiger partial charge in [-0.25, -0.2) is 0 Å². The third-order valence-electron chi connectivity index (χ3n) is 6.15. The van der Waals surface area contributed by atoms with E-state index < -0.39 is 0 Å². The maximum atomic E-state index is 12.8. The van der Waals surface area contributed by atoms with Crippen LogP contribution in [-0.2, 0) is 4.79 Å². The molecule has 7 heteroatoms. The lowest BCUT2D eigenvalue weighted by Gasteiger charge is -2.33. The monoisotopic (exact) mass is 476 g/mol. The summed E-state index contributed by atoms with van der Waals surface area (Å²) in [4.78, 5) is 14.9. The minimum atomic E-state index is 0.227. The standard InChI is InChI=1S/C22H29BrN4OS/c1-16-7-5-6-14-26(16)20(28)15-29-22-25-24-21(17-10-12-18(23)13-11-17)27(22)19-8-3-2-4-9-19/h10-13,16,19H,2-9,14-15H2,1H3. The Morgan fingerprint density at radius 1 is 1.07 bits per heavy atom. The van der Waals surface area contributed by atoms with Gasteiger partial charge in [-0.2, -0.15) is 0 Å². The number of thioether (sulfide) groups is 1. The number of benzene rings is 1. The zero-order chi connectivity index (χ0) is 20.2. The number of piperidine rings is 1. The number of nitrogens with zero attached hydrogens (tertiary/aromatic N) is 4. The van der Waals surface area contributed by atoms with Crippen LogP contribution in [0.1, 0.15) is 64.3 Å². The highest BCUT2D eigenvalue weighted by Gasteiger charge is 2.26. The number of likely N-dealkylation sites (tertiary alicyclic amines) is 1. The van der Waals surface area contributed by atoms with Crippen molar-refractivity contribution in [1.82, 2.24) is 19.7 Å². The Morgan fingerprint density at radius 2 is 1.79 bits per heavy atom. The third kappa shape index (κ3) is 4.88. The Balaban J connectivity index is 1.55. The van der Waals surface area contributed by atoms with Gasteiger partial charge in [-0.05, 0) is 51.2 Å². The summed E-state index contributed by atoms with van der Waals surface area (Å²) in [6, 6.07) is 9.03. The van der Waals surface area contributed by atoms with Gasteiger partial charge in [0, 0.05) is 28.7 Å². The zero-order valence-electron chi connectivity index (χ0n) is 17.0. The van der Waals surface area contributed by atoms with Gasteiger partial charge in [0.25, 0.3) is 0 Å². The second-order valence-corrected chi connectivity index (χ2v) is 10.1. The van der Waals surface area contributed by atoms with Crippen molar-refractivity contribution in [2.75, 3.05) is 12.3 Å². The molecule has 1 unspecified atom stereocenters. The first-order valence-corrected chi connectivity index (χ1v) is 12.5. The van der Waals surface area contributed by atoms with E-state index in [1.165, 1.54) is 25.7 Å². The minimum Gasteiger partial charge on any atom is -0.339 e. The van der Waals surface area contributed by atoms with Crippen LogP contribution >= 0.6 is 27.7 Å². The molecular weight excluding hydrogens is 448 g/mol. The van der Waals surface area contributed by atoms with Gasteiger partial charge >= 0.3 is 0 Å². The normalized spacial score (nSPS) is 20.8. The predicted octanol–water partition coefficient (Wildman–Crippen LogP) is 5.71. The zero-order valence-corrected chi connectivity index (χ0v) is 19.4. The van der Waals surface area contributed by atoms with E-state index in [1.54, 1.807) is 11.8 Å². The van der Waals surface area contributed by atoms with Crippen molar-refractivity contribution in [3.8, 4) is 11.4 Å². The fraction of sp³-hybridized carbons (Fsp3) is 0.591. The molecule has 2 aliphatic rings. The molecule has 2 fully saturated rings. The van der Waals surface area contributed by atoms with E-state index in [2.05, 4.69) is 49.8 Å². The molecule has 1 aliphatic carbocycles. The van der Waals surface area contributed by atoms with Crippen LogP contribution in [0.5, 0.6) is 0 Å². The van der Waals surface area contributed by atoms with Crippen LogP contribution in [0.25, 0.3) is 11.4 Å². The molecule has 0 spiro atoms. The van der Waals surface area contributed by atoms with Crippen LogP contribution in [0.15, 0.2) is 33.9 Å². The first kappa shape index (κ1) is 20.9. The fourth-order valence-corrected chi connectivity index (χ4v) is 5.67. The number of rotatable bonds is 5. The van der Waals surface area contributed by atoms with Crippen LogP contribution in [0.4, 0.5) is 0 Å². The predicted molar refractivity (Wildman–Crippen MR) is 121 cm³/mol. The van der Waals surface area contributed by atoms with Gasteiger partial charge < -0.3 is 4.90 Å². The Hall–Kier alpha value is -1.34. The van der Waals surface area contributed by atoms with Crippen LogP contribution in [0.3, 0.4) is 0 Å². The summed E-state index contributed by atoms with van der Waals surface area (Å²) in [7, 11) is 0. The molecule has 2 aromatic rings. The molecule has 1 aliphatic heterocycles. The molecule has 1 aromatic heterocycles. The van der Waals surface area contributed by atoms with Crippen molar-refractivity contribution in [2.24, 2.45) is 0 Å². The largest absolute Gasteiger partial charge is 0.339 e. The van der Waals surface area contributed by atoms with Crippen molar-refractivity contribution < 1.29 is 4.79 Å². The Morgan fingerprint density at radius 3 is 2.52 bits per heavy atom. The van der Waals surface area contributed by atoms with Crippen molar-refractivity contribution in [2.45, 2.75) is 75.5 Å². The van der Waals surface area contributed by atoms with Crippen LogP contribution in [0.2, 0.25) is 0 Å². The summed E-state index contributed by atoms with van der Waals surface area (Å²) in [6.45, 7) is 3.05. The summed E-state index contributed by atoms with van der Waals surface area (Å²) in [6.07, 6.45) is 9.58. The van der Waals surface area contributed by atoms with E-state index in [0.29, 0.717) is 17.8 Å². The number of amides is 1. The molecule has 2 heterocycles. The van der Waals surface area contributed by atoms with Crippen molar-refractivity contribution >= 4 is 33.6 Å². The molecule has 1 saturated carbocycles. The molecule has 0 bridgehead atoms. The lowest BCUT2D eigenvalue weighted by molar-refractivity contribution is -0.131. The maximum absolute atomic E-state index is 12.8. The Kier molecular flexibility index (Phi) is 6.96. The molecule has 4 rings (SSSR count). The molecule has 29 heavy (non-hydrogen) atoms. The molecule has 5 nitrogen and oxygen atoms in total. The second kappa shape index (κ2) is 9.65. The maximum Gasteiger partial charge on any atom is 0.233 e. The van der Waals surface area contributed by atoms with Gasteiger partial charge in [-0.3, -0.25) is 9.36 Å². The molecule has 1 amide bonds. The van der Waals surface area contributed by atoms with E-state index >= 15 is 0 Å². The number of halogens is 1. The quantitative estimate of drug-likeness (QED) is 0.518. The third-order valence-corrected chi connectivity index (χ3v) is 7.61. The number of aromatic nitrogens is 3. The van der Waals surface area contributed by atoms with E-state index in [1.807, 2.05) is 17.0 Å². The number of carbonyl (C=O) groups excluding carboxylic acids is 1. The minimum absolute atomic E-state index is 0.227. The lowest BCUT2D eigenvalue weighted by atomic mass is 9.95. The highest BCUT2D eigenvalue weighted by Crippen LogP contribution is 2.36. The topological polar surface area (TPSA) is 51.0 Å². The first-order chi connectivity index (χ1) is 14.1. The number of carbonyl (C=O) groups is 1. The van der Waals surface area contributed by atoms with Crippen LogP contribution < -0.4 is 0 Å². The Bertz CT molecular complexity index is 832. The van der Waals surface area contributed by atoms with Gasteiger partial charge in [0.1, 0.15) is 0 Å². The average Bonchev–Trinajstić information content (AvgIpc) is 3.17. The van der Waals surface area contributed by atoms with Gasteiger partial charge in [0.15, 0.2) is 11.0 Å². The van der Waals surface area contributed by atoms with Gasteiger partial charge in [-0.15, -0.1) is 10.2 Å². The van der Waals surface area contributed by atoms with E-state index in [-0.39, 0.29) is 5.91 Å². The second-order valence-electron chi connectivity index (χ2n) is 8.20.